The average molecular weight is 251 g/mol. The second-order valence-electron chi connectivity index (χ2n) is 5.05. The lowest BCUT2D eigenvalue weighted by Crippen LogP contribution is -2.27. The van der Waals surface area contributed by atoms with E-state index in [9.17, 15) is 4.57 Å². The highest BCUT2D eigenvalue weighted by atomic mass is 31.2. The molecular weight excluding hydrogens is 225 g/mol. The third-order valence-electron chi connectivity index (χ3n) is 1.83. The highest BCUT2D eigenvalue weighted by molar-refractivity contribution is 7.54. The molecular formula is C11H26NO3P. The van der Waals surface area contributed by atoms with Crippen molar-refractivity contribution in [2.75, 3.05) is 0 Å². The second kappa shape index (κ2) is 6.75. The molecule has 16 heavy (non-hydrogen) atoms. The van der Waals surface area contributed by atoms with Gasteiger partial charge in [-0.2, -0.15) is 0 Å². The molecule has 1 unspecified atom stereocenters. The van der Waals surface area contributed by atoms with Gasteiger partial charge in [-0.1, -0.05) is 13.8 Å². The van der Waals surface area contributed by atoms with Crippen LogP contribution in [0.15, 0.2) is 0 Å². The minimum absolute atomic E-state index is 0.150. The van der Waals surface area contributed by atoms with Gasteiger partial charge in [0.2, 0.25) is 0 Å². The standard InChI is InChI=1S/C11H26NO3P/c1-8(2)7-11(12)16(13,14-9(3)4)15-10(5)6/h8-11H,7,12H2,1-6H3. The Balaban J connectivity index is 4.70. The zero-order valence-corrected chi connectivity index (χ0v) is 12.2. The van der Waals surface area contributed by atoms with Crippen LogP contribution in [0.4, 0.5) is 0 Å². The Kier molecular flexibility index (Phi) is 6.80. The molecule has 0 fully saturated rings. The normalized spacial score (nSPS) is 15.1. The molecule has 98 valence electrons. The maximum atomic E-state index is 12.5. The van der Waals surface area contributed by atoms with Crippen LogP contribution in [-0.4, -0.2) is 18.0 Å². The molecule has 0 spiro atoms. The largest absolute Gasteiger partial charge is 0.347 e. The highest BCUT2D eigenvalue weighted by Crippen LogP contribution is 2.54. The monoisotopic (exact) mass is 251 g/mol. The summed E-state index contributed by atoms with van der Waals surface area (Å²) >= 11 is 0. The average Bonchev–Trinajstić information content (AvgIpc) is 1.98. The first kappa shape index (κ1) is 16.1. The van der Waals surface area contributed by atoms with Crippen molar-refractivity contribution < 1.29 is 13.6 Å². The van der Waals surface area contributed by atoms with E-state index in [1.807, 2.05) is 41.5 Å². The molecule has 2 N–H and O–H groups in total. The zero-order chi connectivity index (χ0) is 12.9. The summed E-state index contributed by atoms with van der Waals surface area (Å²) in [5.41, 5.74) is 5.94. The molecule has 4 nitrogen and oxygen atoms in total. The summed E-state index contributed by atoms with van der Waals surface area (Å²) in [6.45, 7) is 11.4. The summed E-state index contributed by atoms with van der Waals surface area (Å²) in [4.78, 5) is 0. The van der Waals surface area contributed by atoms with Gasteiger partial charge in [0.25, 0.3) is 0 Å². The predicted octanol–water partition coefficient (Wildman–Crippen LogP) is 3.36. The van der Waals surface area contributed by atoms with E-state index in [1.165, 1.54) is 0 Å². The lowest BCUT2D eigenvalue weighted by molar-refractivity contribution is 0.135. The van der Waals surface area contributed by atoms with E-state index in [1.54, 1.807) is 0 Å². The number of nitrogens with two attached hydrogens (primary N) is 1. The van der Waals surface area contributed by atoms with E-state index in [4.69, 9.17) is 14.8 Å². The molecule has 1 atom stereocenters. The van der Waals surface area contributed by atoms with Crippen LogP contribution in [0.2, 0.25) is 0 Å². The van der Waals surface area contributed by atoms with E-state index < -0.39 is 13.4 Å². The Hall–Kier alpha value is 0.110. The quantitative estimate of drug-likeness (QED) is 0.705. The van der Waals surface area contributed by atoms with Crippen molar-refractivity contribution in [3.05, 3.63) is 0 Å². The maximum Gasteiger partial charge on any atom is 0.347 e. The topological polar surface area (TPSA) is 61.6 Å². The third kappa shape index (κ3) is 6.00. The van der Waals surface area contributed by atoms with Gasteiger partial charge < -0.3 is 14.8 Å². The van der Waals surface area contributed by atoms with Gasteiger partial charge in [0.15, 0.2) is 0 Å². The van der Waals surface area contributed by atoms with Crippen LogP contribution in [0.5, 0.6) is 0 Å². The lowest BCUT2D eigenvalue weighted by Gasteiger charge is -2.28. The molecule has 0 aliphatic heterocycles. The van der Waals surface area contributed by atoms with Crippen molar-refractivity contribution in [1.82, 2.24) is 0 Å². The van der Waals surface area contributed by atoms with Crippen LogP contribution in [0.25, 0.3) is 0 Å². The Morgan fingerprint density at radius 1 is 1.00 bits per heavy atom. The Morgan fingerprint density at radius 2 is 1.38 bits per heavy atom. The van der Waals surface area contributed by atoms with E-state index >= 15 is 0 Å². The van der Waals surface area contributed by atoms with Crippen LogP contribution >= 0.6 is 7.60 Å². The molecule has 0 aromatic rings. The van der Waals surface area contributed by atoms with Crippen LogP contribution in [-0.2, 0) is 13.6 Å². The van der Waals surface area contributed by atoms with Crippen LogP contribution < -0.4 is 5.73 Å². The predicted molar refractivity (Wildman–Crippen MR) is 67.5 cm³/mol. The van der Waals surface area contributed by atoms with Crippen molar-refractivity contribution in [2.24, 2.45) is 11.7 Å². The molecule has 0 heterocycles. The van der Waals surface area contributed by atoms with Crippen LogP contribution in [0.3, 0.4) is 0 Å². The number of rotatable bonds is 7. The Morgan fingerprint density at radius 3 is 1.62 bits per heavy atom. The Labute approximate surface area is 99.4 Å². The summed E-state index contributed by atoms with van der Waals surface area (Å²) < 4.78 is 23.3. The van der Waals surface area contributed by atoms with Gasteiger partial charge in [-0.15, -0.1) is 0 Å². The molecule has 0 saturated heterocycles. The minimum Gasteiger partial charge on any atom is -0.318 e. The third-order valence-corrected chi connectivity index (χ3v) is 4.29. The van der Waals surface area contributed by atoms with Gasteiger partial charge in [-0.3, -0.25) is 4.57 Å². The first-order valence-electron chi connectivity index (χ1n) is 5.89. The van der Waals surface area contributed by atoms with Gasteiger partial charge in [0.05, 0.1) is 12.2 Å². The smallest absolute Gasteiger partial charge is 0.318 e. The van der Waals surface area contributed by atoms with Crippen molar-refractivity contribution in [2.45, 2.75) is 66.0 Å². The van der Waals surface area contributed by atoms with Gasteiger partial charge in [-0.25, -0.2) is 0 Å². The SMILES string of the molecule is CC(C)CC(N)P(=O)(OC(C)C)OC(C)C. The fourth-order valence-corrected chi connectivity index (χ4v) is 3.60. The van der Waals surface area contributed by atoms with E-state index in [-0.39, 0.29) is 12.2 Å². The summed E-state index contributed by atoms with van der Waals surface area (Å²) in [5, 5.41) is 0. The molecule has 0 aliphatic carbocycles. The van der Waals surface area contributed by atoms with Gasteiger partial charge in [0, 0.05) is 0 Å². The molecule has 0 saturated carbocycles. The summed E-state index contributed by atoms with van der Waals surface area (Å²) in [5.74, 6) is -0.174. The Bertz CT molecular complexity index is 227. The van der Waals surface area contributed by atoms with Crippen LogP contribution in [0, 0.1) is 5.92 Å². The fraction of sp³-hybridized carbons (Fsp3) is 1.00. The van der Waals surface area contributed by atoms with Gasteiger partial charge >= 0.3 is 7.60 Å². The minimum atomic E-state index is -3.20. The summed E-state index contributed by atoms with van der Waals surface area (Å²) in [6, 6.07) is 0. The van der Waals surface area contributed by atoms with Gasteiger partial charge in [-0.05, 0) is 40.0 Å². The van der Waals surface area contributed by atoms with Crippen LogP contribution in [0.1, 0.15) is 48.0 Å². The molecule has 0 aliphatic rings. The zero-order valence-electron chi connectivity index (χ0n) is 11.3. The molecule has 5 heteroatoms. The van der Waals surface area contributed by atoms with Crippen molar-refractivity contribution in [1.29, 1.82) is 0 Å². The summed E-state index contributed by atoms with van der Waals surface area (Å²) in [7, 11) is -3.20. The molecule has 0 rings (SSSR count). The van der Waals surface area contributed by atoms with Crippen molar-refractivity contribution in [3.63, 3.8) is 0 Å². The van der Waals surface area contributed by atoms with Crippen molar-refractivity contribution >= 4 is 7.60 Å². The molecule has 0 radical (unpaired) electrons. The van der Waals surface area contributed by atoms with Crippen molar-refractivity contribution in [3.8, 4) is 0 Å². The molecule has 0 bridgehead atoms. The first-order valence-corrected chi connectivity index (χ1v) is 7.50. The second-order valence-corrected chi connectivity index (χ2v) is 7.21. The van der Waals surface area contributed by atoms with E-state index in [2.05, 4.69) is 0 Å². The molecule has 0 amide bonds. The van der Waals surface area contributed by atoms with E-state index in [0.717, 1.165) is 0 Å². The number of hydrogen-bond donors (Lipinski definition) is 1. The maximum absolute atomic E-state index is 12.5. The van der Waals surface area contributed by atoms with Gasteiger partial charge in [0.1, 0.15) is 5.78 Å². The highest BCUT2D eigenvalue weighted by Gasteiger charge is 2.35. The lowest BCUT2D eigenvalue weighted by atomic mass is 10.1. The van der Waals surface area contributed by atoms with E-state index in [0.29, 0.717) is 12.3 Å². The molecule has 0 aromatic carbocycles. The number of hydrogen-bond acceptors (Lipinski definition) is 4. The fourth-order valence-electron chi connectivity index (χ4n) is 1.38. The first-order chi connectivity index (χ1) is 7.17. The molecule has 0 aromatic heterocycles. The summed E-state index contributed by atoms with van der Waals surface area (Å²) in [6.07, 6.45) is 0.335.